The summed E-state index contributed by atoms with van der Waals surface area (Å²) in [5, 5.41) is 9.33. The number of aliphatic hydroxyl groups is 1. The highest BCUT2D eigenvalue weighted by Gasteiger charge is 2.24. The van der Waals surface area contributed by atoms with E-state index in [1.54, 1.807) is 0 Å². The van der Waals surface area contributed by atoms with E-state index in [4.69, 9.17) is 11.6 Å². The molecular formula is C13H17ClFNO3S. The zero-order chi connectivity index (χ0) is 14.8. The summed E-state index contributed by atoms with van der Waals surface area (Å²) in [6.07, 6.45) is 2.69. The molecule has 1 aliphatic rings. The van der Waals surface area contributed by atoms with E-state index in [0.717, 1.165) is 19.3 Å². The Morgan fingerprint density at radius 1 is 1.40 bits per heavy atom. The van der Waals surface area contributed by atoms with Gasteiger partial charge in [0.2, 0.25) is 10.0 Å². The Balaban J connectivity index is 2.06. The first-order valence-electron chi connectivity index (χ1n) is 6.52. The highest BCUT2D eigenvalue weighted by atomic mass is 35.5. The third kappa shape index (κ3) is 3.69. The molecule has 0 spiro atoms. The van der Waals surface area contributed by atoms with Crippen LogP contribution < -0.4 is 4.72 Å². The van der Waals surface area contributed by atoms with Crippen molar-refractivity contribution in [1.29, 1.82) is 0 Å². The fraction of sp³-hybridized carbons (Fsp3) is 0.538. The Morgan fingerprint density at radius 2 is 2.15 bits per heavy atom. The van der Waals surface area contributed by atoms with E-state index < -0.39 is 20.7 Å². The third-order valence-corrected chi connectivity index (χ3v) is 5.26. The predicted molar refractivity (Wildman–Crippen MR) is 74.6 cm³/mol. The molecule has 0 saturated heterocycles. The Labute approximate surface area is 123 Å². The maximum Gasteiger partial charge on any atom is 0.243 e. The molecule has 0 bridgehead atoms. The molecule has 0 aliphatic heterocycles. The lowest BCUT2D eigenvalue weighted by atomic mass is 9.87. The topological polar surface area (TPSA) is 66.4 Å². The van der Waals surface area contributed by atoms with Crippen LogP contribution in [0.2, 0.25) is 5.02 Å². The lowest BCUT2D eigenvalue weighted by Gasteiger charge is -2.25. The number of halogens is 2. The van der Waals surface area contributed by atoms with Gasteiger partial charge in [-0.1, -0.05) is 24.1 Å². The first kappa shape index (κ1) is 15.7. The minimum absolute atomic E-state index is 0.0794. The zero-order valence-corrected chi connectivity index (χ0v) is 12.4. The molecule has 1 aromatic carbocycles. The summed E-state index contributed by atoms with van der Waals surface area (Å²) in [5.41, 5.74) is 0. The summed E-state index contributed by atoms with van der Waals surface area (Å²) in [5.74, 6) is -0.860. The Kier molecular flexibility index (Phi) is 5.01. The van der Waals surface area contributed by atoms with Crippen molar-refractivity contribution in [1.82, 2.24) is 4.72 Å². The molecule has 4 nitrogen and oxygen atoms in total. The van der Waals surface area contributed by atoms with Gasteiger partial charge in [0.1, 0.15) is 4.90 Å². The quantitative estimate of drug-likeness (QED) is 0.894. The first-order valence-corrected chi connectivity index (χ1v) is 8.38. The second kappa shape index (κ2) is 6.39. The van der Waals surface area contributed by atoms with Gasteiger partial charge in [-0.3, -0.25) is 0 Å². The largest absolute Gasteiger partial charge is 0.393 e. The smallest absolute Gasteiger partial charge is 0.243 e. The maximum atomic E-state index is 13.7. The standard InChI is InChI=1S/C13H17ClFNO3S/c14-11-5-2-6-12(13(11)15)20(18,19)16-8-9-3-1-4-10(17)7-9/h2,5-6,9-10,16-17H,1,3-4,7-8H2. The van der Waals surface area contributed by atoms with Crippen molar-refractivity contribution >= 4 is 21.6 Å². The Bertz CT molecular complexity index is 579. The molecule has 0 aromatic heterocycles. The van der Waals surface area contributed by atoms with Gasteiger partial charge in [0.15, 0.2) is 5.82 Å². The van der Waals surface area contributed by atoms with E-state index in [-0.39, 0.29) is 23.6 Å². The van der Waals surface area contributed by atoms with Gasteiger partial charge >= 0.3 is 0 Å². The molecule has 7 heteroatoms. The van der Waals surface area contributed by atoms with E-state index >= 15 is 0 Å². The van der Waals surface area contributed by atoms with Crippen LogP contribution in [0.5, 0.6) is 0 Å². The summed E-state index contributed by atoms with van der Waals surface area (Å²) >= 11 is 5.59. The molecule has 20 heavy (non-hydrogen) atoms. The first-order chi connectivity index (χ1) is 9.40. The van der Waals surface area contributed by atoms with Crippen molar-refractivity contribution in [2.75, 3.05) is 6.54 Å². The molecule has 0 radical (unpaired) electrons. The van der Waals surface area contributed by atoms with Crippen LogP contribution >= 0.6 is 11.6 Å². The van der Waals surface area contributed by atoms with Crippen LogP contribution in [0, 0.1) is 11.7 Å². The minimum Gasteiger partial charge on any atom is -0.393 e. The Hall–Kier alpha value is -0.690. The van der Waals surface area contributed by atoms with Crippen molar-refractivity contribution in [2.24, 2.45) is 5.92 Å². The van der Waals surface area contributed by atoms with Crippen LogP contribution in [-0.4, -0.2) is 26.2 Å². The monoisotopic (exact) mass is 321 g/mol. The lowest BCUT2D eigenvalue weighted by Crippen LogP contribution is -2.33. The number of rotatable bonds is 4. The highest BCUT2D eigenvalue weighted by molar-refractivity contribution is 7.89. The normalized spacial score (nSPS) is 23.8. The van der Waals surface area contributed by atoms with Gasteiger partial charge in [0.25, 0.3) is 0 Å². The SMILES string of the molecule is O=S(=O)(NCC1CCCC(O)C1)c1cccc(Cl)c1F. The molecule has 0 amide bonds. The minimum atomic E-state index is -3.92. The Morgan fingerprint density at radius 3 is 2.85 bits per heavy atom. The number of sulfonamides is 1. The molecule has 112 valence electrons. The third-order valence-electron chi connectivity index (χ3n) is 3.52. The molecule has 2 atom stereocenters. The summed E-state index contributed by atoms with van der Waals surface area (Å²) in [6, 6.07) is 3.87. The number of benzene rings is 1. The summed E-state index contributed by atoms with van der Waals surface area (Å²) in [6.45, 7) is 0.200. The van der Waals surface area contributed by atoms with Crippen molar-refractivity contribution in [3.05, 3.63) is 29.0 Å². The molecule has 2 N–H and O–H groups in total. The number of hydrogen-bond donors (Lipinski definition) is 2. The maximum absolute atomic E-state index is 13.7. The number of aliphatic hydroxyl groups excluding tert-OH is 1. The van der Waals surface area contributed by atoms with Gasteiger partial charge in [-0.25, -0.2) is 17.5 Å². The molecule has 1 aromatic rings. The second-order valence-electron chi connectivity index (χ2n) is 5.09. The number of nitrogens with one attached hydrogen (secondary N) is 1. The second-order valence-corrected chi connectivity index (χ2v) is 7.23. The van der Waals surface area contributed by atoms with Crippen molar-refractivity contribution in [3.63, 3.8) is 0 Å². The van der Waals surface area contributed by atoms with Crippen LogP contribution in [-0.2, 0) is 10.0 Å². The van der Waals surface area contributed by atoms with E-state index in [9.17, 15) is 17.9 Å². The molecule has 1 fully saturated rings. The molecule has 2 unspecified atom stereocenters. The fourth-order valence-electron chi connectivity index (χ4n) is 2.44. The van der Waals surface area contributed by atoms with Gasteiger partial charge in [-0.2, -0.15) is 0 Å². The zero-order valence-electron chi connectivity index (χ0n) is 10.9. The van der Waals surface area contributed by atoms with Gasteiger partial charge in [-0.15, -0.1) is 0 Å². The molecule has 1 aliphatic carbocycles. The van der Waals surface area contributed by atoms with E-state index in [0.29, 0.717) is 6.42 Å². The van der Waals surface area contributed by atoms with Crippen LogP contribution in [0.1, 0.15) is 25.7 Å². The molecule has 1 saturated carbocycles. The fourth-order valence-corrected chi connectivity index (χ4v) is 3.89. The van der Waals surface area contributed by atoms with Gasteiger partial charge < -0.3 is 5.11 Å². The van der Waals surface area contributed by atoms with Crippen LogP contribution in [0.4, 0.5) is 4.39 Å². The van der Waals surface area contributed by atoms with Gasteiger partial charge in [0, 0.05) is 6.54 Å². The summed E-state index contributed by atoms with van der Waals surface area (Å²) in [7, 11) is -3.92. The van der Waals surface area contributed by atoms with E-state index in [1.807, 2.05) is 0 Å². The molecule has 0 heterocycles. The van der Waals surface area contributed by atoms with Gasteiger partial charge in [0.05, 0.1) is 11.1 Å². The number of hydrogen-bond acceptors (Lipinski definition) is 3. The molecular weight excluding hydrogens is 305 g/mol. The highest BCUT2D eigenvalue weighted by Crippen LogP contribution is 2.25. The molecule has 2 rings (SSSR count). The average Bonchev–Trinajstić information content (AvgIpc) is 2.40. The lowest BCUT2D eigenvalue weighted by molar-refractivity contribution is 0.102. The van der Waals surface area contributed by atoms with Crippen molar-refractivity contribution < 1.29 is 17.9 Å². The van der Waals surface area contributed by atoms with Crippen molar-refractivity contribution in [2.45, 2.75) is 36.7 Å². The van der Waals surface area contributed by atoms with Crippen LogP contribution in [0.15, 0.2) is 23.1 Å². The van der Waals surface area contributed by atoms with Crippen LogP contribution in [0.3, 0.4) is 0 Å². The van der Waals surface area contributed by atoms with Crippen molar-refractivity contribution in [3.8, 4) is 0 Å². The summed E-state index contributed by atoms with van der Waals surface area (Å²) < 4.78 is 40.2. The van der Waals surface area contributed by atoms with Crippen LogP contribution in [0.25, 0.3) is 0 Å². The summed E-state index contributed by atoms with van der Waals surface area (Å²) in [4.78, 5) is -0.443. The predicted octanol–water partition coefficient (Wildman–Crippen LogP) is 2.31. The van der Waals surface area contributed by atoms with E-state index in [1.165, 1.54) is 18.2 Å². The van der Waals surface area contributed by atoms with Gasteiger partial charge in [-0.05, 0) is 37.3 Å². The van der Waals surface area contributed by atoms with E-state index in [2.05, 4.69) is 4.72 Å². The average molecular weight is 322 g/mol.